The van der Waals surface area contributed by atoms with Crippen molar-refractivity contribution in [2.75, 3.05) is 11.1 Å². The predicted molar refractivity (Wildman–Crippen MR) is 103 cm³/mol. The first-order valence-corrected chi connectivity index (χ1v) is 10.1. The maximum absolute atomic E-state index is 12.3. The summed E-state index contributed by atoms with van der Waals surface area (Å²) in [4.78, 5) is 23.3. The molecular weight excluding hydrogens is 368 g/mol. The van der Waals surface area contributed by atoms with Crippen LogP contribution in [0, 0.1) is 0 Å². The van der Waals surface area contributed by atoms with E-state index in [9.17, 15) is 18.0 Å². The third kappa shape index (κ3) is 5.90. The van der Waals surface area contributed by atoms with E-state index in [4.69, 9.17) is 5.11 Å². The van der Waals surface area contributed by atoms with Crippen molar-refractivity contribution >= 4 is 27.6 Å². The van der Waals surface area contributed by atoms with Gasteiger partial charge in [0.05, 0.1) is 11.7 Å². The molecule has 0 saturated carbocycles. The van der Waals surface area contributed by atoms with E-state index >= 15 is 0 Å². The first kappa shape index (κ1) is 20.6. The topological polar surface area (TPSA) is 113 Å². The smallest absolute Gasteiger partial charge is 0.310 e. The van der Waals surface area contributed by atoms with Crippen LogP contribution in [0.15, 0.2) is 48.5 Å². The fourth-order valence-corrected chi connectivity index (χ4v) is 2.86. The van der Waals surface area contributed by atoms with Crippen molar-refractivity contribution in [3.8, 4) is 0 Å². The average molecular weight is 390 g/mol. The molecule has 1 atom stereocenters. The number of carboxylic acids is 1. The van der Waals surface area contributed by atoms with Gasteiger partial charge in [0.2, 0.25) is 10.0 Å². The van der Waals surface area contributed by atoms with E-state index in [-0.39, 0.29) is 18.2 Å². The van der Waals surface area contributed by atoms with Gasteiger partial charge in [-0.15, -0.1) is 0 Å². The number of amides is 1. The zero-order chi connectivity index (χ0) is 20.0. The van der Waals surface area contributed by atoms with Crippen LogP contribution in [0.1, 0.15) is 41.3 Å². The number of carboxylic acid groups (broad SMARTS) is 1. The maximum atomic E-state index is 12.3. The Morgan fingerprint density at radius 1 is 1.04 bits per heavy atom. The Labute approximate surface area is 158 Å². The quantitative estimate of drug-likeness (QED) is 0.641. The molecule has 144 valence electrons. The maximum Gasteiger partial charge on any atom is 0.310 e. The zero-order valence-corrected chi connectivity index (χ0v) is 15.9. The summed E-state index contributed by atoms with van der Waals surface area (Å²) in [6, 6.07) is 13.2. The summed E-state index contributed by atoms with van der Waals surface area (Å²) in [6.07, 6.45) is 0. The van der Waals surface area contributed by atoms with Crippen LogP contribution in [0.5, 0.6) is 0 Å². The van der Waals surface area contributed by atoms with Crippen molar-refractivity contribution in [2.24, 2.45) is 0 Å². The average Bonchev–Trinajstić information content (AvgIpc) is 2.66. The normalized spacial score (nSPS) is 12.4. The Hall–Kier alpha value is -2.71. The molecular formula is C19H22N2O5S. The summed E-state index contributed by atoms with van der Waals surface area (Å²) in [7, 11) is -3.27. The number of nitrogens with one attached hydrogen (secondary N) is 2. The van der Waals surface area contributed by atoms with Crippen LogP contribution in [0.2, 0.25) is 0 Å². The summed E-state index contributed by atoms with van der Waals surface area (Å²) in [5.41, 5.74) is 2.39. The number of sulfonamides is 1. The van der Waals surface area contributed by atoms with E-state index in [1.807, 2.05) is 0 Å². The SMILES string of the molecule is CCS(=O)(=O)NCc1ccc(C(=O)Nc2ccc(C(C)C(=O)O)cc2)cc1. The molecule has 0 saturated heterocycles. The highest BCUT2D eigenvalue weighted by Gasteiger charge is 2.13. The fraction of sp³-hybridized carbons (Fsp3) is 0.263. The molecule has 0 aromatic heterocycles. The molecule has 7 nitrogen and oxygen atoms in total. The number of anilines is 1. The summed E-state index contributed by atoms with van der Waals surface area (Å²) in [5, 5.41) is 11.8. The third-order valence-electron chi connectivity index (χ3n) is 4.13. The number of aliphatic carboxylic acids is 1. The number of carbonyl (C=O) groups excluding carboxylic acids is 1. The van der Waals surface area contributed by atoms with Crippen LogP contribution in [0.25, 0.3) is 0 Å². The van der Waals surface area contributed by atoms with E-state index in [2.05, 4.69) is 10.0 Å². The Balaban J connectivity index is 1.98. The van der Waals surface area contributed by atoms with Crippen molar-refractivity contribution in [3.63, 3.8) is 0 Å². The molecule has 0 fully saturated rings. The van der Waals surface area contributed by atoms with Gasteiger partial charge in [-0.25, -0.2) is 13.1 Å². The Bertz CT molecular complexity index is 906. The Morgan fingerprint density at radius 3 is 2.15 bits per heavy atom. The summed E-state index contributed by atoms with van der Waals surface area (Å²) in [5.74, 6) is -1.83. The molecule has 0 heterocycles. The van der Waals surface area contributed by atoms with E-state index in [0.29, 0.717) is 16.8 Å². The van der Waals surface area contributed by atoms with E-state index in [1.165, 1.54) is 0 Å². The van der Waals surface area contributed by atoms with Crippen LogP contribution >= 0.6 is 0 Å². The highest BCUT2D eigenvalue weighted by Crippen LogP contribution is 2.18. The van der Waals surface area contributed by atoms with Crippen LogP contribution in [-0.2, 0) is 21.4 Å². The molecule has 2 rings (SSSR count). The lowest BCUT2D eigenvalue weighted by atomic mass is 10.0. The highest BCUT2D eigenvalue weighted by molar-refractivity contribution is 7.89. The standard InChI is InChI=1S/C19H22N2O5S/c1-3-27(25,26)20-12-14-4-6-16(7-5-14)18(22)21-17-10-8-15(9-11-17)13(2)19(23)24/h4-11,13,20H,3,12H2,1-2H3,(H,21,22)(H,23,24). The van der Waals surface area contributed by atoms with Crippen LogP contribution in [-0.4, -0.2) is 31.2 Å². The first-order valence-electron chi connectivity index (χ1n) is 8.42. The van der Waals surface area contributed by atoms with Crippen LogP contribution in [0.3, 0.4) is 0 Å². The van der Waals surface area contributed by atoms with Gasteiger partial charge in [0.25, 0.3) is 5.91 Å². The van der Waals surface area contributed by atoms with Gasteiger partial charge < -0.3 is 10.4 Å². The third-order valence-corrected chi connectivity index (χ3v) is 5.48. The van der Waals surface area contributed by atoms with Crippen molar-refractivity contribution in [3.05, 3.63) is 65.2 Å². The largest absolute Gasteiger partial charge is 0.481 e. The lowest BCUT2D eigenvalue weighted by molar-refractivity contribution is -0.138. The molecule has 0 radical (unpaired) electrons. The number of carbonyl (C=O) groups is 2. The van der Waals surface area contributed by atoms with Gasteiger partial charge in [-0.3, -0.25) is 9.59 Å². The number of benzene rings is 2. The monoisotopic (exact) mass is 390 g/mol. The van der Waals surface area contributed by atoms with Crippen molar-refractivity contribution in [1.29, 1.82) is 0 Å². The second-order valence-corrected chi connectivity index (χ2v) is 8.15. The predicted octanol–water partition coefficient (Wildman–Crippen LogP) is 2.57. The van der Waals surface area contributed by atoms with Gasteiger partial charge in [0.1, 0.15) is 0 Å². The summed E-state index contributed by atoms with van der Waals surface area (Å²) >= 11 is 0. The molecule has 8 heteroatoms. The van der Waals surface area contributed by atoms with Gasteiger partial charge in [0.15, 0.2) is 0 Å². The molecule has 0 aliphatic carbocycles. The molecule has 2 aromatic carbocycles. The van der Waals surface area contributed by atoms with Gasteiger partial charge in [-0.1, -0.05) is 24.3 Å². The highest BCUT2D eigenvalue weighted by atomic mass is 32.2. The summed E-state index contributed by atoms with van der Waals surface area (Å²) in [6.45, 7) is 3.32. The van der Waals surface area contributed by atoms with Gasteiger partial charge in [0, 0.05) is 17.8 Å². The number of hydrogen-bond acceptors (Lipinski definition) is 4. The van der Waals surface area contributed by atoms with E-state index < -0.39 is 21.9 Å². The Kier molecular flexibility index (Phi) is 6.70. The zero-order valence-electron chi connectivity index (χ0n) is 15.1. The van der Waals surface area contributed by atoms with Gasteiger partial charge in [-0.05, 0) is 49.2 Å². The minimum Gasteiger partial charge on any atom is -0.481 e. The molecule has 3 N–H and O–H groups in total. The molecule has 0 aliphatic rings. The molecule has 2 aromatic rings. The second kappa shape index (κ2) is 8.79. The minimum atomic E-state index is -3.27. The number of rotatable bonds is 8. The van der Waals surface area contributed by atoms with Crippen LogP contribution in [0.4, 0.5) is 5.69 Å². The number of hydrogen-bond donors (Lipinski definition) is 3. The summed E-state index contributed by atoms with van der Waals surface area (Å²) < 4.78 is 25.4. The first-order chi connectivity index (χ1) is 12.7. The second-order valence-electron chi connectivity index (χ2n) is 6.06. The molecule has 1 amide bonds. The van der Waals surface area contributed by atoms with Crippen molar-refractivity contribution < 1.29 is 23.1 Å². The van der Waals surface area contributed by atoms with Crippen molar-refractivity contribution in [1.82, 2.24) is 4.72 Å². The van der Waals surface area contributed by atoms with Gasteiger partial charge >= 0.3 is 5.97 Å². The van der Waals surface area contributed by atoms with Crippen LogP contribution < -0.4 is 10.0 Å². The fourth-order valence-electron chi connectivity index (χ4n) is 2.27. The lowest BCUT2D eigenvalue weighted by Crippen LogP contribution is -2.24. The molecule has 0 aliphatic heterocycles. The molecule has 27 heavy (non-hydrogen) atoms. The van der Waals surface area contributed by atoms with Gasteiger partial charge in [-0.2, -0.15) is 0 Å². The lowest BCUT2D eigenvalue weighted by Gasteiger charge is -2.10. The van der Waals surface area contributed by atoms with Crippen molar-refractivity contribution in [2.45, 2.75) is 26.3 Å². The Morgan fingerprint density at radius 2 is 1.63 bits per heavy atom. The van der Waals surface area contributed by atoms with E-state index in [0.717, 1.165) is 5.56 Å². The van der Waals surface area contributed by atoms with E-state index in [1.54, 1.807) is 62.4 Å². The molecule has 0 spiro atoms. The minimum absolute atomic E-state index is 0.0114. The molecule has 1 unspecified atom stereocenters. The molecule has 0 bridgehead atoms.